The summed E-state index contributed by atoms with van der Waals surface area (Å²) >= 11 is 11.5. The van der Waals surface area contributed by atoms with Gasteiger partial charge in [0.1, 0.15) is 5.38 Å². The van der Waals surface area contributed by atoms with Gasteiger partial charge in [0.2, 0.25) is 0 Å². The summed E-state index contributed by atoms with van der Waals surface area (Å²) in [6.45, 7) is 2.35. The molecule has 1 atom stereocenters. The van der Waals surface area contributed by atoms with Crippen LogP contribution in [0.3, 0.4) is 0 Å². The van der Waals surface area contributed by atoms with E-state index in [2.05, 4.69) is 4.74 Å². The first-order valence-electron chi connectivity index (χ1n) is 4.18. The number of ether oxygens (including phenoxy) is 1. The number of esters is 1. The van der Waals surface area contributed by atoms with Gasteiger partial charge in [0.25, 0.3) is 0 Å². The van der Waals surface area contributed by atoms with Crippen LogP contribution in [0.5, 0.6) is 0 Å². The number of Topliss-reactive ketones (excluding diaryl/α,β-unsaturated/α-hetero) is 2. The van der Waals surface area contributed by atoms with Crippen LogP contribution in [0.4, 0.5) is 0 Å². The van der Waals surface area contributed by atoms with Gasteiger partial charge in [-0.3, -0.25) is 14.4 Å². The van der Waals surface area contributed by atoms with Crippen molar-refractivity contribution in [2.24, 2.45) is 0 Å². The van der Waals surface area contributed by atoms with Crippen LogP contribution in [-0.2, 0) is 19.1 Å². The Labute approximate surface area is 97.9 Å². The predicted octanol–water partition coefficient (Wildman–Crippen LogP) is 1.31. The Kier molecular flexibility index (Phi) is 5.24. The average molecular weight is 255 g/mol. The highest BCUT2D eigenvalue weighted by molar-refractivity contribution is 6.47. The van der Waals surface area contributed by atoms with Crippen LogP contribution in [0, 0.1) is 0 Å². The molecule has 0 aliphatic heterocycles. The lowest BCUT2D eigenvalue weighted by molar-refractivity contribution is -0.140. The summed E-state index contributed by atoms with van der Waals surface area (Å²) in [4.78, 5) is 31.6. The molecule has 4 nitrogen and oxygen atoms in total. The summed E-state index contributed by atoms with van der Waals surface area (Å²) in [5.74, 6) is -1.79. The first kappa shape index (κ1) is 14.4. The van der Waals surface area contributed by atoms with E-state index in [1.165, 1.54) is 13.8 Å². The first-order chi connectivity index (χ1) is 6.75. The molecule has 0 saturated heterocycles. The molecule has 1 unspecified atom stereocenters. The van der Waals surface area contributed by atoms with Gasteiger partial charge in [-0.15, -0.1) is 23.2 Å². The van der Waals surface area contributed by atoms with Gasteiger partial charge in [0, 0.05) is 6.42 Å². The maximum absolute atomic E-state index is 11.2. The normalized spacial score (nSPS) is 13.1. The largest absolute Gasteiger partial charge is 0.468 e. The summed E-state index contributed by atoms with van der Waals surface area (Å²) in [5.41, 5.74) is 0. The van der Waals surface area contributed by atoms with Gasteiger partial charge in [-0.2, -0.15) is 0 Å². The second-order valence-corrected chi connectivity index (χ2v) is 4.28. The molecule has 0 saturated carbocycles. The van der Waals surface area contributed by atoms with Gasteiger partial charge < -0.3 is 4.74 Å². The zero-order chi connectivity index (χ0) is 12.2. The van der Waals surface area contributed by atoms with Crippen LogP contribution in [0.2, 0.25) is 0 Å². The van der Waals surface area contributed by atoms with E-state index in [9.17, 15) is 14.4 Å². The van der Waals surface area contributed by atoms with Crippen LogP contribution in [-0.4, -0.2) is 34.9 Å². The van der Waals surface area contributed by atoms with Gasteiger partial charge in [0.15, 0.2) is 16.4 Å². The minimum atomic E-state index is -1.74. The summed E-state index contributed by atoms with van der Waals surface area (Å²) in [6.07, 6.45) is -0.270. The Morgan fingerprint density at radius 1 is 1.27 bits per heavy atom. The van der Waals surface area contributed by atoms with Gasteiger partial charge >= 0.3 is 5.97 Å². The highest BCUT2D eigenvalue weighted by atomic mass is 35.5. The predicted molar refractivity (Wildman–Crippen MR) is 56.2 cm³/mol. The molecule has 0 heterocycles. The van der Waals surface area contributed by atoms with E-state index < -0.39 is 27.8 Å². The molecule has 0 aliphatic carbocycles. The minimum Gasteiger partial charge on any atom is -0.468 e. The molecule has 0 radical (unpaired) electrons. The minimum absolute atomic E-state index is 0.270. The Morgan fingerprint density at radius 3 is 1.93 bits per heavy atom. The number of methoxy groups -OCH3 is 1. The molecule has 0 fully saturated rings. The van der Waals surface area contributed by atoms with E-state index >= 15 is 0 Å². The fourth-order valence-corrected chi connectivity index (χ4v) is 1.55. The Morgan fingerprint density at radius 2 is 1.67 bits per heavy atom. The van der Waals surface area contributed by atoms with Crippen molar-refractivity contribution in [2.45, 2.75) is 30.5 Å². The molecule has 0 spiro atoms. The van der Waals surface area contributed by atoms with E-state index in [4.69, 9.17) is 23.2 Å². The van der Waals surface area contributed by atoms with Gasteiger partial charge in [-0.1, -0.05) is 0 Å². The smallest absolute Gasteiger partial charge is 0.323 e. The summed E-state index contributed by atoms with van der Waals surface area (Å²) in [5, 5.41) is -1.11. The second-order valence-electron chi connectivity index (χ2n) is 3.11. The topological polar surface area (TPSA) is 60.4 Å². The van der Waals surface area contributed by atoms with Crippen LogP contribution < -0.4 is 0 Å². The molecule has 0 aliphatic rings. The monoisotopic (exact) mass is 254 g/mol. The molecule has 0 rings (SSSR count). The second kappa shape index (κ2) is 5.47. The number of carbonyl (C=O) groups is 3. The first-order valence-corrected chi connectivity index (χ1v) is 5.00. The zero-order valence-corrected chi connectivity index (χ0v) is 10.2. The van der Waals surface area contributed by atoms with Crippen LogP contribution in [0.1, 0.15) is 20.3 Å². The van der Waals surface area contributed by atoms with Crippen molar-refractivity contribution < 1.29 is 19.1 Å². The quantitative estimate of drug-likeness (QED) is 0.422. The third kappa shape index (κ3) is 3.47. The van der Waals surface area contributed by atoms with Crippen molar-refractivity contribution in [3.05, 3.63) is 0 Å². The van der Waals surface area contributed by atoms with Crippen molar-refractivity contribution in [2.75, 3.05) is 7.11 Å². The Bertz CT molecular complexity index is 274. The molecule has 0 amide bonds. The third-order valence-electron chi connectivity index (χ3n) is 2.03. The summed E-state index contributed by atoms with van der Waals surface area (Å²) < 4.78 is 4.37. The number of carbonyl (C=O) groups excluding carboxylic acids is 3. The van der Waals surface area contributed by atoms with Crippen molar-refractivity contribution in [1.29, 1.82) is 0 Å². The van der Waals surface area contributed by atoms with Gasteiger partial charge in [0.05, 0.1) is 7.11 Å². The Hall–Kier alpha value is -0.610. The van der Waals surface area contributed by atoms with E-state index in [0.29, 0.717) is 0 Å². The molecule has 0 N–H and O–H groups in total. The molecule has 15 heavy (non-hydrogen) atoms. The lowest BCUT2D eigenvalue weighted by Crippen LogP contribution is -2.42. The number of rotatable bonds is 5. The number of hydrogen-bond acceptors (Lipinski definition) is 4. The molecule has 0 aromatic heterocycles. The van der Waals surface area contributed by atoms with Crippen molar-refractivity contribution >= 4 is 40.7 Å². The molecule has 0 aromatic carbocycles. The highest BCUT2D eigenvalue weighted by Gasteiger charge is 2.41. The fraction of sp³-hybridized carbons (Fsp3) is 0.667. The molecular weight excluding hydrogens is 243 g/mol. The molecular formula is C9H12Cl2O4. The maximum Gasteiger partial charge on any atom is 0.323 e. The standard InChI is InChI=1S/C9H12Cl2O4/c1-5(12)9(11,6(2)13)4-7(10)8(14)15-3/h7H,4H2,1-3H3. The Balaban J connectivity index is 4.78. The van der Waals surface area contributed by atoms with E-state index in [1.54, 1.807) is 0 Å². The van der Waals surface area contributed by atoms with Crippen molar-refractivity contribution in [3.8, 4) is 0 Å². The zero-order valence-electron chi connectivity index (χ0n) is 8.67. The molecule has 86 valence electrons. The lowest BCUT2D eigenvalue weighted by Gasteiger charge is -2.22. The number of halogens is 2. The maximum atomic E-state index is 11.2. The summed E-state index contributed by atoms with van der Waals surface area (Å²) in [7, 11) is 1.16. The van der Waals surface area contributed by atoms with Crippen molar-refractivity contribution in [1.82, 2.24) is 0 Å². The van der Waals surface area contributed by atoms with E-state index in [-0.39, 0.29) is 6.42 Å². The average Bonchev–Trinajstić information content (AvgIpc) is 2.15. The van der Waals surface area contributed by atoms with Crippen molar-refractivity contribution in [3.63, 3.8) is 0 Å². The number of hydrogen-bond donors (Lipinski definition) is 0. The fourth-order valence-electron chi connectivity index (χ4n) is 0.994. The van der Waals surface area contributed by atoms with Crippen LogP contribution in [0.25, 0.3) is 0 Å². The van der Waals surface area contributed by atoms with Crippen LogP contribution >= 0.6 is 23.2 Å². The van der Waals surface area contributed by atoms with Gasteiger partial charge in [-0.05, 0) is 13.8 Å². The van der Waals surface area contributed by atoms with E-state index in [1.807, 2.05) is 0 Å². The molecule has 6 heteroatoms. The third-order valence-corrected chi connectivity index (χ3v) is 3.05. The summed E-state index contributed by atoms with van der Waals surface area (Å²) in [6, 6.07) is 0. The lowest BCUT2D eigenvalue weighted by atomic mass is 9.94. The number of ketones is 2. The molecule has 0 aromatic rings. The van der Waals surface area contributed by atoms with E-state index in [0.717, 1.165) is 7.11 Å². The molecule has 0 bridgehead atoms. The van der Waals surface area contributed by atoms with Crippen LogP contribution in [0.15, 0.2) is 0 Å². The SMILES string of the molecule is COC(=O)C(Cl)CC(Cl)(C(C)=O)C(C)=O. The highest BCUT2D eigenvalue weighted by Crippen LogP contribution is 2.27. The number of alkyl halides is 2. The van der Waals surface area contributed by atoms with Gasteiger partial charge in [-0.25, -0.2) is 0 Å².